The summed E-state index contributed by atoms with van der Waals surface area (Å²) in [6.45, 7) is 4.56. The van der Waals surface area contributed by atoms with Crippen molar-refractivity contribution >= 4 is 55.0 Å². The summed E-state index contributed by atoms with van der Waals surface area (Å²) in [6, 6.07) is 32.8. The first-order chi connectivity index (χ1) is 19.7. The number of hydrogen-bond donors (Lipinski definition) is 0. The molecule has 0 atom stereocenters. The molecule has 2 heterocycles. The van der Waals surface area contributed by atoms with Crippen molar-refractivity contribution in [3.63, 3.8) is 0 Å². The summed E-state index contributed by atoms with van der Waals surface area (Å²) in [5.74, 6) is 0. The lowest BCUT2D eigenvalue weighted by Gasteiger charge is -2.08. The molecule has 4 aromatic carbocycles. The SMILES string of the molecule is CCCCCCc1ccc(-c2ccc3cc4cc5cc(-c6ccc(CCCCCC)s6)ccc5cc4cc3c2)s1. The van der Waals surface area contributed by atoms with E-state index < -0.39 is 0 Å². The Kier molecular flexibility index (Phi) is 8.65. The van der Waals surface area contributed by atoms with E-state index >= 15 is 0 Å². The van der Waals surface area contributed by atoms with Crippen molar-refractivity contribution < 1.29 is 0 Å². The van der Waals surface area contributed by atoms with Gasteiger partial charge in [0.25, 0.3) is 0 Å². The van der Waals surface area contributed by atoms with Crippen LogP contribution in [0.2, 0.25) is 0 Å². The number of unbranched alkanes of at least 4 members (excludes halogenated alkanes) is 6. The maximum Gasteiger partial charge on any atom is 0.0345 e. The molecule has 2 aromatic heterocycles. The van der Waals surface area contributed by atoms with E-state index in [-0.39, 0.29) is 0 Å². The molecule has 0 radical (unpaired) electrons. The van der Waals surface area contributed by atoms with Crippen molar-refractivity contribution in [1.82, 2.24) is 0 Å². The molecule has 0 fully saturated rings. The third-order valence-corrected chi connectivity index (χ3v) is 10.6. The maximum atomic E-state index is 2.38. The molecule has 0 spiro atoms. The summed E-state index contributed by atoms with van der Waals surface area (Å²) in [5, 5.41) is 7.91. The van der Waals surface area contributed by atoms with E-state index in [4.69, 9.17) is 0 Å². The Morgan fingerprint density at radius 2 is 0.825 bits per heavy atom. The maximum absolute atomic E-state index is 2.38. The zero-order chi connectivity index (χ0) is 27.3. The number of hydrogen-bond acceptors (Lipinski definition) is 2. The minimum atomic E-state index is 1.21. The second kappa shape index (κ2) is 12.7. The van der Waals surface area contributed by atoms with Crippen LogP contribution in [0.3, 0.4) is 0 Å². The Morgan fingerprint density at radius 3 is 1.27 bits per heavy atom. The zero-order valence-corrected chi connectivity index (χ0v) is 25.6. The van der Waals surface area contributed by atoms with E-state index in [2.05, 4.69) is 98.8 Å². The van der Waals surface area contributed by atoms with Crippen LogP contribution < -0.4 is 0 Å². The second-order valence-electron chi connectivity index (χ2n) is 11.3. The highest BCUT2D eigenvalue weighted by Crippen LogP contribution is 2.36. The molecule has 0 amide bonds. The largest absolute Gasteiger partial charge is 0.140 e. The molecule has 0 saturated carbocycles. The van der Waals surface area contributed by atoms with E-state index in [0.29, 0.717) is 0 Å². The normalized spacial score (nSPS) is 11.8. The van der Waals surface area contributed by atoms with Crippen molar-refractivity contribution in [2.45, 2.75) is 78.1 Å². The van der Waals surface area contributed by atoms with Crippen LogP contribution in [-0.2, 0) is 12.8 Å². The number of benzene rings is 4. The number of fused-ring (bicyclic) bond motifs is 3. The topological polar surface area (TPSA) is 0 Å². The van der Waals surface area contributed by atoms with Crippen LogP contribution >= 0.6 is 22.7 Å². The fourth-order valence-electron chi connectivity index (χ4n) is 5.84. The fraction of sp³-hybridized carbons (Fsp3) is 0.316. The van der Waals surface area contributed by atoms with Crippen LogP contribution in [0.25, 0.3) is 53.2 Å². The van der Waals surface area contributed by atoms with Gasteiger partial charge in [0, 0.05) is 19.5 Å². The molecule has 0 saturated heterocycles. The standard InChI is InChI=1S/C38H40S2/c1-3-5-7-9-11-35-17-19-37(39-35)29-15-13-27-21-34-26-32-24-30(16-14-28(32)22-33(34)25-31(27)23-29)38-20-18-36(40-38)12-10-8-6-4-2/h13-26H,3-12H2,1-2H3. The number of thiophene rings is 2. The Morgan fingerprint density at radius 1 is 0.400 bits per heavy atom. The van der Waals surface area contributed by atoms with Crippen molar-refractivity contribution in [2.75, 3.05) is 0 Å². The van der Waals surface area contributed by atoms with Gasteiger partial charge >= 0.3 is 0 Å². The molecule has 6 rings (SSSR count). The van der Waals surface area contributed by atoms with E-state index in [1.54, 1.807) is 0 Å². The Bertz CT molecular complexity index is 1600. The van der Waals surface area contributed by atoms with Gasteiger partial charge < -0.3 is 0 Å². The van der Waals surface area contributed by atoms with Gasteiger partial charge in [-0.25, -0.2) is 0 Å². The van der Waals surface area contributed by atoms with Crippen LogP contribution in [0.15, 0.2) is 84.9 Å². The molecule has 2 heteroatoms. The van der Waals surface area contributed by atoms with E-state index in [1.807, 2.05) is 22.7 Å². The van der Waals surface area contributed by atoms with Crippen LogP contribution in [0.4, 0.5) is 0 Å². The van der Waals surface area contributed by atoms with Gasteiger partial charge in [0.05, 0.1) is 0 Å². The van der Waals surface area contributed by atoms with Crippen molar-refractivity contribution in [3.05, 3.63) is 94.7 Å². The molecular weight excluding hydrogens is 521 g/mol. The van der Waals surface area contributed by atoms with Gasteiger partial charge in [-0.05, 0) is 130 Å². The van der Waals surface area contributed by atoms with Gasteiger partial charge in [0.2, 0.25) is 0 Å². The minimum Gasteiger partial charge on any atom is -0.140 e. The van der Waals surface area contributed by atoms with E-state index in [1.165, 1.54) is 127 Å². The first kappa shape index (κ1) is 27.2. The first-order valence-electron chi connectivity index (χ1n) is 15.3. The third kappa shape index (κ3) is 6.19. The molecule has 204 valence electrons. The Balaban J connectivity index is 1.24. The molecule has 40 heavy (non-hydrogen) atoms. The highest BCUT2D eigenvalue weighted by molar-refractivity contribution is 7.15. The van der Waals surface area contributed by atoms with Crippen LogP contribution in [0, 0.1) is 0 Å². The third-order valence-electron chi connectivity index (χ3n) is 8.20. The highest BCUT2D eigenvalue weighted by atomic mass is 32.1. The smallest absolute Gasteiger partial charge is 0.0345 e. The van der Waals surface area contributed by atoms with Gasteiger partial charge in [-0.2, -0.15) is 0 Å². The van der Waals surface area contributed by atoms with Crippen molar-refractivity contribution in [1.29, 1.82) is 0 Å². The van der Waals surface area contributed by atoms with Gasteiger partial charge in [-0.1, -0.05) is 76.6 Å². The van der Waals surface area contributed by atoms with Gasteiger partial charge in [-0.15, -0.1) is 22.7 Å². The summed E-state index contributed by atoms with van der Waals surface area (Å²) in [5.41, 5.74) is 2.67. The monoisotopic (exact) mass is 560 g/mol. The molecule has 0 aliphatic rings. The number of aryl methyl sites for hydroxylation is 2. The van der Waals surface area contributed by atoms with Crippen LogP contribution in [0.1, 0.15) is 75.0 Å². The lowest BCUT2D eigenvalue weighted by Crippen LogP contribution is -1.82. The van der Waals surface area contributed by atoms with E-state index in [9.17, 15) is 0 Å². The molecule has 6 aromatic rings. The summed E-state index contributed by atoms with van der Waals surface area (Å²) in [7, 11) is 0. The summed E-state index contributed by atoms with van der Waals surface area (Å²) >= 11 is 3.93. The Hall–Kier alpha value is -2.94. The van der Waals surface area contributed by atoms with Gasteiger partial charge in [-0.3, -0.25) is 0 Å². The molecule has 0 bridgehead atoms. The first-order valence-corrected chi connectivity index (χ1v) is 16.9. The lowest BCUT2D eigenvalue weighted by atomic mass is 9.97. The predicted molar refractivity (Wildman–Crippen MR) is 181 cm³/mol. The van der Waals surface area contributed by atoms with Crippen molar-refractivity contribution in [2.24, 2.45) is 0 Å². The molecule has 0 unspecified atom stereocenters. The quantitative estimate of drug-likeness (QED) is 0.103. The fourth-order valence-corrected chi connectivity index (χ4v) is 7.93. The zero-order valence-electron chi connectivity index (χ0n) is 24.0. The predicted octanol–water partition coefficient (Wildman–Crippen LogP) is 12.8. The van der Waals surface area contributed by atoms with Crippen LogP contribution in [0.5, 0.6) is 0 Å². The molecule has 0 nitrogen and oxygen atoms in total. The summed E-state index contributed by atoms with van der Waals surface area (Å²) < 4.78 is 0. The summed E-state index contributed by atoms with van der Waals surface area (Å²) in [4.78, 5) is 5.80. The lowest BCUT2D eigenvalue weighted by molar-refractivity contribution is 0.670. The second-order valence-corrected chi connectivity index (χ2v) is 13.7. The number of rotatable bonds is 12. The van der Waals surface area contributed by atoms with Crippen LogP contribution in [-0.4, -0.2) is 0 Å². The minimum absolute atomic E-state index is 1.21. The summed E-state index contributed by atoms with van der Waals surface area (Å²) in [6.07, 6.45) is 13.0. The van der Waals surface area contributed by atoms with Gasteiger partial charge in [0.15, 0.2) is 0 Å². The Labute approximate surface area is 247 Å². The van der Waals surface area contributed by atoms with E-state index in [0.717, 1.165) is 0 Å². The average Bonchev–Trinajstić information content (AvgIpc) is 3.65. The molecular formula is C38H40S2. The average molecular weight is 561 g/mol. The van der Waals surface area contributed by atoms with Gasteiger partial charge in [0.1, 0.15) is 0 Å². The van der Waals surface area contributed by atoms with Crippen molar-refractivity contribution in [3.8, 4) is 20.9 Å². The molecule has 0 aliphatic heterocycles. The highest BCUT2D eigenvalue weighted by Gasteiger charge is 2.08. The molecule has 0 aliphatic carbocycles. The molecule has 0 N–H and O–H groups in total.